The molecule has 1 saturated heterocycles. The molecule has 1 aliphatic rings. The summed E-state index contributed by atoms with van der Waals surface area (Å²) in [5.41, 5.74) is 0. The smallest absolute Gasteiger partial charge is 0.317 e. The van der Waals surface area contributed by atoms with Crippen LogP contribution in [0.1, 0.15) is 0 Å². The predicted octanol–water partition coefficient (Wildman–Crippen LogP) is -2.16. The summed E-state index contributed by atoms with van der Waals surface area (Å²) < 4.78 is 9.64. The maximum Gasteiger partial charge on any atom is 0.317 e. The number of hydrogen-bond acceptors (Lipinski definition) is 9. The number of carboxylic acids is 1. The monoisotopic (exact) mass is 346 g/mol. The van der Waals surface area contributed by atoms with E-state index in [0.29, 0.717) is 65.3 Å². The van der Waals surface area contributed by atoms with Gasteiger partial charge in [0.25, 0.3) is 12.9 Å². The molecule has 0 amide bonds. The van der Waals surface area contributed by atoms with Gasteiger partial charge in [0.15, 0.2) is 0 Å². The molecule has 1 rings (SSSR count). The van der Waals surface area contributed by atoms with E-state index in [-0.39, 0.29) is 20.0 Å². The van der Waals surface area contributed by atoms with Gasteiger partial charge in [-0.2, -0.15) is 0 Å². The summed E-state index contributed by atoms with van der Waals surface area (Å²) in [6.45, 7) is 6.18. The van der Waals surface area contributed by atoms with Crippen LogP contribution in [0.4, 0.5) is 0 Å². The summed E-state index contributed by atoms with van der Waals surface area (Å²) in [5, 5.41) is 12.2. The molecule has 2 N–H and O–H groups in total. The lowest BCUT2D eigenvalue weighted by Crippen LogP contribution is -2.46. The SMILES string of the molecule is O=COCN1CCNCCN(CC(=O)O)CCN(COC=O)CC1. The topological polar surface area (TPSA) is 112 Å². The molecule has 0 spiro atoms. The molecular weight excluding hydrogens is 320 g/mol. The minimum absolute atomic E-state index is 0.0244. The molecule has 0 aromatic heterocycles. The Balaban J connectivity index is 2.61. The number of aliphatic carboxylic acids is 1. The van der Waals surface area contributed by atoms with Crippen LogP contribution in [0, 0.1) is 0 Å². The van der Waals surface area contributed by atoms with Crippen LogP contribution in [-0.4, -0.2) is 111 Å². The van der Waals surface area contributed by atoms with Crippen molar-refractivity contribution in [2.24, 2.45) is 0 Å². The molecule has 0 aromatic carbocycles. The van der Waals surface area contributed by atoms with Crippen molar-refractivity contribution >= 4 is 18.9 Å². The normalized spacial score (nSPS) is 19.7. The average Bonchev–Trinajstić information content (AvgIpc) is 2.55. The lowest BCUT2D eigenvalue weighted by atomic mass is 10.3. The van der Waals surface area contributed by atoms with E-state index in [0.717, 1.165) is 0 Å². The third kappa shape index (κ3) is 9.40. The fourth-order valence-corrected chi connectivity index (χ4v) is 2.38. The van der Waals surface area contributed by atoms with E-state index in [4.69, 9.17) is 14.6 Å². The van der Waals surface area contributed by atoms with Crippen LogP contribution in [0.2, 0.25) is 0 Å². The highest BCUT2D eigenvalue weighted by atomic mass is 16.5. The first kappa shape index (κ1) is 20.3. The zero-order valence-corrected chi connectivity index (χ0v) is 13.8. The molecule has 0 saturated carbocycles. The number of nitrogens with one attached hydrogen (secondary N) is 1. The number of carbonyl (C=O) groups is 3. The molecule has 10 nitrogen and oxygen atoms in total. The highest BCUT2D eigenvalue weighted by Gasteiger charge is 2.15. The Morgan fingerprint density at radius 3 is 1.83 bits per heavy atom. The van der Waals surface area contributed by atoms with Gasteiger partial charge in [-0.25, -0.2) is 0 Å². The van der Waals surface area contributed by atoms with E-state index in [1.165, 1.54) is 0 Å². The molecular formula is C14H26N4O6. The number of carbonyl (C=O) groups excluding carboxylic acids is 2. The van der Waals surface area contributed by atoms with Gasteiger partial charge in [-0.3, -0.25) is 29.1 Å². The minimum Gasteiger partial charge on any atom is -0.480 e. The zero-order valence-electron chi connectivity index (χ0n) is 13.8. The van der Waals surface area contributed by atoms with Gasteiger partial charge in [0.2, 0.25) is 0 Å². The summed E-state index contributed by atoms with van der Waals surface area (Å²) >= 11 is 0. The van der Waals surface area contributed by atoms with E-state index in [2.05, 4.69) is 5.32 Å². The fourth-order valence-electron chi connectivity index (χ4n) is 2.38. The molecule has 1 fully saturated rings. The summed E-state index contributed by atoms with van der Waals surface area (Å²) in [7, 11) is 0. The highest BCUT2D eigenvalue weighted by molar-refractivity contribution is 5.69. The molecule has 0 unspecified atom stereocenters. The van der Waals surface area contributed by atoms with E-state index < -0.39 is 5.97 Å². The zero-order chi connectivity index (χ0) is 17.6. The highest BCUT2D eigenvalue weighted by Crippen LogP contribution is 1.97. The standard InChI is InChI=1S/C14H26N4O6/c19-12-23-10-17-4-2-15-1-3-16(9-14(21)22)5-6-18(8-7-17)11-24-13-20/h12-13,15H,1-11H2,(H,21,22). The van der Waals surface area contributed by atoms with Crippen LogP contribution in [-0.2, 0) is 23.9 Å². The van der Waals surface area contributed by atoms with E-state index in [1.54, 1.807) is 0 Å². The van der Waals surface area contributed by atoms with Gasteiger partial charge in [0.05, 0.1) is 6.54 Å². The third-order valence-corrected chi connectivity index (χ3v) is 3.68. The number of hydrogen-bond donors (Lipinski definition) is 2. The van der Waals surface area contributed by atoms with E-state index in [1.807, 2.05) is 14.7 Å². The lowest BCUT2D eigenvalue weighted by molar-refractivity contribution is -0.138. The number of rotatable bonds is 8. The number of nitrogens with zero attached hydrogens (tertiary/aromatic N) is 3. The van der Waals surface area contributed by atoms with Crippen LogP contribution in [0.5, 0.6) is 0 Å². The fraction of sp³-hybridized carbons (Fsp3) is 0.786. The Morgan fingerprint density at radius 1 is 0.875 bits per heavy atom. The van der Waals surface area contributed by atoms with Gasteiger partial charge in [-0.15, -0.1) is 0 Å². The second-order valence-corrected chi connectivity index (χ2v) is 5.44. The second-order valence-electron chi connectivity index (χ2n) is 5.44. The Kier molecular flexibility index (Phi) is 10.7. The van der Waals surface area contributed by atoms with Crippen LogP contribution in [0.25, 0.3) is 0 Å². The van der Waals surface area contributed by atoms with Gasteiger partial charge >= 0.3 is 5.97 Å². The Morgan fingerprint density at radius 2 is 1.33 bits per heavy atom. The van der Waals surface area contributed by atoms with Crippen molar-refractivity contribution in [2.45, 2.75) is 0 Å². The van der Waals surface area contributed by atoms with Crippen molar-refractivity contribution in [2.75, 3.05) is 72.4 Å². The Bertz CT molecular complexity index is 384. The molecule has 0 aromatic rings. The Labute approximate surface area is 141 Å². The molecule has 0 atom stereocenters. The van der Waals surface area contributed by atoms with Crippen LogP contribution in [0.3, 0.4) is 0 Å². The second kappa shape index (κ2) is 12.6. The quantitative estimate of drug-likeness (QED) is 0.471. The van der Waals surface area contributed by atoms with E-state index in [9.17, 15) is 14.4 Å². The third-order valence-electron chi connectivity index (χ3n) is 3.68. The van der Waals surface area contributed by atoms with Crippen molar-refractivity contribution < 1.29 is 29.0 Å². The van der Waals surface area contributed by atoms with Crippen molar-refractivity contribution in [3.63, 3.8) is 0 Å². The number of carboxylic acid groups (broad SMARTS) is 1. The maximum absolute atomic E-state index is 10.9. The van der Waals surface area contributed by atoms with Gasteiger partial charge in [-0.05, 0) is 0 Å². The first-order valence-electron chi connectivity index (χ1n) is 7.85. The predicted molar refractivity (Wildman–Crippen MR) is 84.1 cm³/mol. The summed E-state index contributed by atoms with van der Waals surface area (Å²) in [6, 6.07) is 0. The summed E-state index contributed by atoms with van der Waals surface area (Å²) in [4.78, 5) is 37.5. The van der Waals surface area contributed by atoms with Crippen LogP contribution in [0.15, 0.2) is 0 Å². The van der Waals surface area contributed by atoms with E-state index >= 15 is 0 Å². The first-order chi connectivity index (χ1) is 11.7. The van der Waals surface area contributed by atoms with Crippen molar-refractivity contribution in [1.82, 2.24) is 20.0 Å². The molecule has 138 valence electrons. The van der Waals surface area contributed by atoms with Crippen LogP contribution >= 0.6 is 0 Å². The molecule has 24 heavy (non-hydrogen) atoms. The van der Waals surface area contributed by atoms with Gasteiger partial charge in [0.1, 0.15) is 13.5 Å². The average molecular weight is 346 g/mol. The maximum atomic E-state index is 10.9. The molecule has 0 aliphatic carbocycles. The van der Waals surface area contributed by atoms with Crippen molar-refractivity contribution in [3.05, 3.63) is 0 Å². The number of ether oxygens (including phenoxy) is 2. The first-order valence-corrected chi connectivity index (χ1v) is 7.85. The molecule has 1 heterocycles. The van der Waals surface area contributed by atoms with Gasteiger partial charge < -0.3 is 19.9 Å². The molecule has 10 heteroatoms. The molecule has 0 bridgehead atoms. The van der Waals surface area contributed by atoms with Crippen molar-refractivity contribution in [3.8, 4) is 0 Å². The van der Waals surface area contributed by atoms with Crippen molar-refractivity contribution in [1.29, 1.82) is 0 Å². The van der Waals surface area contributed by atoms with Gasteiger partial charge in [0, 0.05) is 52.4 Å². The largest absolute Gasteiger partial charge is 0.480 e. The summed E-state index contributed by atoms with van der Waals surface area (Å²) in [5.74, 6) is -0.866. The summed E-state index contributed by atoms with van der Waals surface area (Å²) in [6.07, 6.45) is 0. The molecule has 1 aliphatic heterocycles. The molecule has 0 radical (unpaired) electrons. The lowest BCUT2D eigenvalue weighted by Gasteiger charge is -2.30. The Hall–Kier alpha value is -1.75. The minimum atomic E-state index is -0.866. The van der Waals surface area contributed by atoms with Crippen LogP contribution < -0.4 is 5.32 Å². The van der Waals surface area contributed by atoms with Gasteiger partial charge in [-0.1, -0.05) is 0 Å².